The van der Waals surface area contributed by atoms with Crippen LogP contribution in [0.25, 0.3) is 0 Å². The molecule has 6 nitrogen and oxygen atoms in total. The van der Waals surface area contributed by atoms with Crippen molar-refractivity contribution in [3.8, 4) is 0 Å². The average molecular weight is 321 g/mol. The number of nitrogens with one attached hydrogen (secondary N) is 3. The van der Waals surface area contributed by atoms with Crippen molar-refractivity contribution >= 4 is 16.0 Å². The Morgan fingerprint density at radius 3 is 2.48 bits per heavy atom. The van der Waals surface area contributed by atoms with E-state index >= 15 is 0 Å². The van der Waals surface area contributed by atoms with Crippen molar-refractivity contribution in [2.75, 3.05) is 25.4 Å². The maximum atomic E-state index is 11.3. The highest BCUT2D eigenvalue weighted by Crippen LogP contribution is 2.02. The van der Waals surface area contributed by atoms with Crippen molar-refractivity contribution < 1.29 is 8.42 Å². The van der Waals surface area contributed by atoms with E-state index in [1.807, 2.05) is 6.92 Å². The molecule has 0 radical (unpaired) electrons. The van der Waals surface area contributed by atoms with E-state index < -0.39 is 10.0 Å². The van der Waals surface area contributed by atoms with E-state index in [0.717, 1.165) is 18.9 Å². The van der Waals surface area contributed by atoms with Gasteiger partial charge in [-0.05, 0) is 27.2 Å². The number of hydrogen-bond acceptors (Lipinski definition) is 3. The highest BCUT2D eigenvalue weighted by atomic mass is 32.2. The summed E-state index contributed by atoms with van der Waals surface area (Å²) in [5.74, 6) is 0.848. The van der Waals surface area contributed by atoms with Gasteiger partial charge in [0.25, 0.3) is 0 Å². The molecule has 0 saturated carbocycles. The van der Waals surface area contributed by atoms with Crippen LogP contribution in [0.5, 0.6) is 0 Å². The minimum Gasteiger partial charge on any atom is -0.357 e. The molecule has 0 aliphatic heterocycles. The fraction of sp³-hybridized carbons (Fsp3) is 0.929. The minimum atomic E-state index is -3.13. The van der Waals surface area contributed by atoms with Gasteiger partial charge in [-0.25, -0.2) is 13.1 Å². The molecule has 1 unspecified atom stereocenters. The van der Waals surface area contributed by atoms with Crippen LogP contribution in [0.4, 0.5) is 0 Å². The first-order valence-corrected chi connectivity index (χ1v) is 9.62. The Morgan fingerprint density at radius 1 is 1.19 bits per heavy atom. The Kier molecular flexibility index (Phi) is 11.3. The molecule has 0 amide bonds. The second-order valence-corrected chi connectivity index (χ2v) is 7.20. The summed E-state index contributed by atoms with van der Waals surface area (Å²) in [5.41, 5.74) is 0. The van der Waals surface area contributed by atoms with E-state index in [9.17, 15) is 8.42 Å². The number of hydrogen-bond donors (Lipinski definition) is 3. The van der Waals surface area contributed by atoms with Crippen LogP contribution in [0.3, 0.4) is 0 Å². The lowest BCUT2D eigenvalue weighted by Crippen LogP contribution is -2.42. The molecule has 0 aromatic heterocycles. The molecule has 0 fully saturated rings. The zero-order chi connectivity index (χ0) is 16.1. The van der Waals surface area contributed by atoms with Crippen molar-refractivity contribution in [2.24, 2.45) is 4.99 Å². The fourth-order valence-electron chi connectivity index (χ4n) is 1.80. The summed E-state index contributed by atoms with van der Waals surface area (Å²) < 4.78 is 25.1. The van der Waals surface area contributed by atoms with Crippen LogP contribution >= 0.6 is 0 Å². The van der Waals surface area contributed by atoms with Gasteiger partial charge in [0.05, 0.1) is 12.3 Å². The van der Waals surface area contributed by atoms with Crippen LogP contribution in [-0.2, 0) is 10.0 Å². The lowest BCUT2D eigenvalue weighted by molar-refractivity contribution is 0.546. The molecule has 7 heteroatoms. The summed E-state index contributed by atoms with van der Waals surface area (Å²) in [4.78, 5) is 4.39. The first kappa shape index (κ1) is 20.2. The molecule has 0 spiro atoms. The van der Waals surface area contributed by atoms with Crippen molar-refractivity contribution in [1.29, 1.82) is 0 Å². The van der Waals surface area contributed by atoms with Gasteiger partial charge in [-0.2, -0.15) is 0 Å². The average Bonchev–Trinajstić information content (AvgIpc) is 2.44. The van der Waals surface area contributed by atoms with Gasteiger partial charge in [0.2, 0.25) is 10.0 Å². The van der Waals surface area contributed by atoms with E-state index in [-0.39, 0.29) is 5.75 Å². The minimum absolute atomic E-state index is 0.101. The normalized spacial score (nSPS) is 14.0. The van der Waals surface area contributed by atoms with Crippen molar-refractivity contribution in [2.45, 2.75) is 59.4 Å². The second-order valence-electron chi connectivity index (χ2n) is 5.10. The molecular formula is C14H32N4O2S. The Balaban J connectivity index is 4.17. The molecule has 0 heterocycles. The molecule has 21 heavy (non-hydrogen) atoms. The van der Waals surface area contributed by atoms with Gasteiger partial charge in [-0.15, -0.1) is 0 Å². The summed E-state index contributed by atoms with van der Waals surface area (Å²) >= 11 is 0. The van der Waals surface area contributed by atoms with Crippen LogP contribution < -0.4 is 15.4 Å². The second kappa shape index (κ2) is 11.8. The largest absolute Gasteiger partial charge is 0.357 e. The Labute approximate surface area is 130 Å². The molecule has 0 rings (SSSR count). The maximum absolute atomic E-state index is 11.3. The van der Waals surface area contributed by atoms with E-state index in [1.165, 1.54) is 19.3 Å². The fourth-order valence-corrected chi connectivity index (χ4v) is 2.40. The topological polar surface area (TPSA) is 82.6 Å². The quantitative estimate of drug-likeness (QED) is 0.306. The number of sulfonamides is 1. The molecule has 0 aromatic rings. The summed E-state index contributed by atoms with van der Waals surface area (Å²) in [6.45, 7) is 9.51. The summed E-state index contributed by atoms with van der Waals surface area (Å²) in [6, 6.07) is 0.363. The van der Waals surface area contributed by atoms with Gasteiger partial charge in [-0.3, -0.25) is 4.99 Å². The zero-order valence-electron chi connectivity index (χ0n) is 13.9. The Hall–Kier alpha value is -0.820. The Bertz CT molecular complexity index is 382. The number of unbranched alkanes of at least 4 members (excludes halogenated alkanes) is 2. The molecule has 0 aromatic carbocycles. The maximum Gasteiger partial charge on any atom is 0.211 e. The predicted molar refractivity (Wildman–Crippen MR) is 90.2 cm³/mol. The van der Waals surface area contributed by atoms with Crippen molar-refractivity contribution in [1.82, 2.24) is 15.4 Å². The monoisotopic (exact) mass is 320 g/mol. The molecule has 0 aliphatic carbocycles. The third kappa shape index (κ3) is 11.5. The van der Waals surface area contributed by atoms with Crippen LogP contribution in [0.2, 0.25) is 0 Å². The van der Waals surface area contributed by atoms with Crippen LogP contribution in [0.1, 0.15) is 53.4 Å². The number of rotatable bonds is 11. The van der Waals surface area contributed by atoms with Gasteiger partial charge in [-0.1, -0.05) is 26.2 Å². The van der Waals surface area contributed by atoms with E-state index in [4.69, 9.17) is 0 Å². The van der Waals surface area contributed by atoms with Crippen LogP contribution in [0, 0.1) is 0 Å². The highest BCUT2D eigenvalue weighted by molar-refractivity contribution is 7.89. The highest BCUT2D eigenvalue weighted by Gasteiger charge is 2.06. The van der Waals surface area contributed by atoms with E-state index in [0.29, 0.717) is 19.1 Å². The summed E-state index contributed by atoms with van der Waals surface area (Å²) in [7, 11) is -3.13. The van der Waals surface area contributed by atoms with E-state index in [1.54, 1.807) is 6.92 Å². The first-order chi connectivity index (χ1) is 9.95. The SMILES string of the molecule is CCCCCC(C)NC(=NCCNS(=O)(=O)CC)NCC. The predicted octanol–water partition coefficient (Wildman–Crippen LogP) is 1.45. The van der Waals surface area contributed by atoms with Gasteiger partial charge in [0.1, 0.15) is 0 Å². The molecule has 0 saturated heterocycles. The van der Waals surface area contributed by atoms with E-state index in [2.05, 4.69) is 34.2 Å². The lowest BCUT2D eigenvalue weighted by atomic mass is 10.1. The Morgan fingerprint density at radius 2 is 1.90 bits per heavy atom. The van der Waals surface area contributed by atoms with Gasteiger partial charge >= 0.3 is 0 Å². The van der Waals surface area contributed by atoms with Crippen molar-refractivity contribution in [3.63, 3.8) is 0 Å². The molecule has 3 N–H and O–H groups in total. The number of guanidine groups is 1. The molecule has 0 aliphatic rings. The zero-order valence-corrected chi connectivity index (χ0v) is 14.7. The molecule has 126 valence electrons. The van der Waals surface area contributed by atoms with Crippen molar-refractivity contribution in [3.05, 3.63) is 0 Å². The first-order valence-electron chi connectivity index (χ1n) is 7.97. The van der Waals surface area contributed by atoms with Gasteiger partial charge in [0.15, 0.2) is 5.96 Å². The van der Waals surface area contributed by atoms with Gasteiger partial charge < -0.3 is 10.6 Å². The molecule has 1 atom stereocenters. The summed E-state index contributed by atoms with van der Waals surface area (Å²) in [5, 5.41) is 6.53. The van der Waals surface area contributed by atoms with Crippen LogP contribution in [-0.4, -0.2) is 45.8 Å². The third-order valence-electron chi connectivity index (χ3n) is 3.05. The third-order valence-corrected chi connectivity index (χ3v) is 4.46. The van der Waals surface area contributed by atoms with Crippen LogP contribution in [0.15, 0.2) is 4.99 Å². The molecule has 0 bridgehead atoms. The molecular weight excluding hydrogens is 288 g/mol. The smallest absolute Gasteiger partial charge is 0.211 e. The number of aliphatic imine (C=N–C) groups is 1. The lowest BCUT2D eigenvalue weighted by Gasteiger charge is -2.17. The summed E-state index contributed by atoms with van der Waals surface area (Å²) in [6.07, 6.45) is 4.79. The standard InChI is InChI=1S/C14H32N4O2S/c1-5-8-9-10-13(4)18-14(15-6-2)16-11-12-17-21(19,20)7-3/h13,17H,5-12H2,1-4H3,(H2,15,16,18). The number of nitrogens with zero attached hydrogens (tertiary/aromatic N) is 1. The van der Waals surface area contributed by atoms with Gasteiger partial charge in [0, 0.05) is 19.1 Å².